The number of carbonyl (C=O) groups excluding carboxylic acids is 2. The lowest BCUT2D eigenvalue weighted by molar-refractivity contribution is -0.305. The Hall–Kier alpha value is -3.16. The average Bonchev–Trinajstić information content (AvgIpc) is 3.43. The van der Waals surface area contributed by atoms with Crippen LogP contribution in [0.5, 0.6) is 0 Å². The molecule has 0 aliphatic carbocycles. The van der Waals surface area contributed by atoms with Gasteiger partial charge in [-0.05, 0) is 83.5 Å². The molecule has 6 N–H and O–H groups in total. The minimum atomic E-state index is -1.63. The topological polar surface area (TPSA) is 175 Å². The van der Waals surface area contributed by atoms with E-state index in [1.807, 2.05) is 12.2 Å². The third-order valence-electron chi connectivity index (χ3n) is 14.3. The lowest BCUT2D eigenvalue weighted by Gasteiger charge is -2.41. The van der Waals surface area contributed by atoms with Gasteiger partial charge in [-0.3, -0.25) is 9.59 Å². The van der Waals surface area contributed by atoms with E-state index in [4.69, 9.17) is 14.2 Å². The van der Waals surface area contributed by atoms with Crippen LogP contribution in [0.1, 0.15) is 258 Å². The highest BCUT2D eigenvalue weighted by molar-refractivity contribution is 5.81. The van der Waals surface area contributed by atoms with Crippen LogP contribution >= 0.6 is 0 Å². The standard InChI is InChI=1S/C66H115NO10/c1-4-7-10-13-16-19-22-25-26-27-28-29-30-31-32-33-34-36-39-42-45-48-51-54-61(71)77-64-63(73)62(72)60(55-68)76-66(64)75-56-57(58(69)52-49-46-43-40-38-35-23-20-17-14-11-8-5-2)67-65(74)59(70)53-50-47-44-41-37-24-21-18-15-12-9-6-3/h16,19,25-26,28-29,31-32,37,41,47,49-50,52,57-60,62-64,66,68-70,72-73H,4-15,17-18,20-24,27,30,33-36,38-40,42-46,48,51,53-56H2,1-3H3,(H,67,74)/b19-16-,26-25-,29-28-,32-31-,41-37-,50-47+,52-49+. The maximum absolute atomic E-state index is 13.3. The zero-order valence-corrected chi connectivity index (χ0v) is 49.1. The van der Waals surface area contributed by atoms with Crippen LogP contribution in [0, 0.1) is 0 Å². The van der Waals surface area contributed by atoms with Crippen molar-refractivity contribution >= 4 is 11.9 Å². The number of amides is 1. The Labute approximate surface area is 470 Å². The first-order valence-electron chi connectivity index (χ1n) is 31.4. The van der Waals surface area contributed by atoms with Crippen molar-refractivity contribution in [3.63, 3.8) is 0 Å². The van der Waals surface area contributed by atoms with Crippen LogP contribution < -0.4 is 5.32 Å². The number of hydrogen-bond acceptors (Lipinski definition) is 10. The Morgan fingerprint density at radius 3 is 1.36 bits per heavy atom. The molecule has 1 heterocycles. The Bertz CT molecular complexity index is 1570. The summed E-state index contributed by atoms with van der Waals surface area (Å²) < 4.78 is 17.6. The van der Waals surface area contributed by atoms with Crippen molar-refractivity contribution in [2.75, 3.05) is 13.2 Å². The van der Waals surface area contributed by atoms with Crippen LogP contribution in [-0.4, -0.2) is 99.6 Å². The summed E-state index contributed by atoms with van der Waals surface area (Å²) in [7, 11) is 0. The maximum Gasteiger partial charge on any atom is 0.306 e. The van der Waals surface area contributed by atoms with Gasteiger partial charge >= 0.3 is 5.97 Å². The van der Waals surface area contributed by atoms with Gasteiger partial charge < -0.3 is 45.1 Å². The second-order valence-corrected chi connectivity index (χ2v) is 21.4. The summed E-state index contributed by atoms with van der Waals surface area (Å²) in [5, 5.41) is 56.8. The van der Waals surface area contributed by atoms with Crippen LogP contribution in [0.25, 0.3) is 0 Å². The molecule has 0 radical (unpaired) electrons. The number of aliphatic hydroxyl groups excluding tert-OH is 5. The zero-order chi connectivity index (χ0) is 56.1. The van der Waals surface area contributed by atoms with Crippen molar-refractivity contribution in [2.24, 2.45) is 0 Å². The van der Waals surface area contributed by atoms with Gasteiger partial charge in [0.05, 0.1) is 25.4 Å². The molecule has 444 valence electrons. The van der Waals surface area contributed by atoms with E-state index in [9.17, 15) is 35.1 Å². The summed E-state index contributed by atoms with van der Waals surface area (Å²) in [6.07, 6.45) is 59.3. The minimum absolute atomic E-state index is 0.0782. The SMILES string of the molecule is CCCCC/C=C\C/C=C\C/C=C\C/C=C\CCCCCCCCCC(=O)OC1C(OCC(NC(=O)C(O)C/C=C/C/C=C\CCCCCCCC)C(O)/C=C/CCCCCCCCCCCCC)OC(CO)C(O)C1O. The highest BCUT2D eigenvalue weighted by Gasteiger charge is 2.47. The third kappa shape index (κ3) is 41.5. The Kier molecular flexibility index (Phi) is 49.9. The molecule has 0 saturated carbocycles. The van der Waals surface area contributed by atoms with Crippen molar-refractivity contribution in [3.8, 4) is 0 Å². The molecule has 0 bridgehead atoms. The third-order valence-corrected chi connectivity index (χ3v) is 14.3. The van der Waals surface area contributed by atoms with E-state index in [-0.39, 0.29) is 19.4 Å². The van der Waals surface area contributed by atoms with Crippen LogP contribution in [-0.2, 0) is 23.8 Å². The van der Waals surface area contributed by atoms with Crippen LogP contribution in [0.3, 0.4) is 0 Å². The molecule has 0 spiro atoms. The molecular formula is C66H115NO10. The molecule has 1 amide bonds. The molecule has 11 nitrogen and oxygen atoms in total. The van der Waals surface area contributed by atoms with E-state index in [0.717, 1.165) is 96.3 Å². The van der Waals surface area contributed by atoms with Crippen LogP contribution in [0.2, 0.25) is 0 Å². The van der Waals surface area contributed by atoms with Crippen molar-refractivity contribution in [3.05, 3.63) is 85.1 Å². The molecule has 1 saturated heterocycles. The van der Waals surface area contributed by atoms with E-state index in [1.165, 1.54) is 116 Å². The summed E-state index contributed by atoms with van der Waals surface area (Å²) in [4.78, 5) is 26.5. The highest BCUT2D eigenvalue weighted by atomic mass is 16.7. The van der Waals surface area contributed by atoms with E-state index < -0.39 is 67.4 Å². The van der Waals surface area contributed by atoms with Gasteiger partial charge in [-0.15, -0.1) is 0 Å². The maximum atomic E-state index is 13.3. The molecule has 1 rings (SSSR count). The van der Waals surface area contributed by atoms with Crippen LogP contribution in [0.4, 0.5) is 0 Å². The quantitative estimate of drug-likeness (QED) is 0.0195. The lowest BCUT2D eigenvalue weighted by Crippen LogP contribution is -2.61. The molecule has 1 aliphatic heterocycles. The smallest absolute Gasteiger partial charge is 0.306 e. The van der Waals surface area contributed by atoms with Gasteiger partial charge in [0.25, 0.3) is 0 Å². The molecule has 0 aromatic carbocycles. The number of allylic oxidation sites excluding steroid dienone is 12. The monoisotopic (exact) mass is 1080 g/mol. The van der Waals surface area contributed by atoms with Gasteiger partial charge in [0, 0.05) is 12.8 Å². The first-order chi connectivity index (χ1) is 37.7. The Morgan fingerprint density at radius 1 is 0.506 bits per heavy atom. The highest BCUT2D eigenvalue weighted by Crippen LogP contribution is 2.26. The predicted octanol–water partition coefficient (Wildman–Crippen LogP) is 14.9. The second-order valence-electron chi connectivity index (χ2n) is 21.4. The Morgan fingerprint density at radius 2 is 0.896 bits per heavy atom. The van der Waals surface area contributed by atoms with Crippen LogP contribution in [0.15, 0.2) is 85.1 Å². The van der Waals surface area contributed by atoms with E-state index in [1.54, 1.807) is 12.2 Å². The van der Waals surface area contributed by atoms with Gasteiger partial charge in [0.15, 0.2) is 12.4 Å². The Balaban J connectivity index is 2.68. The fourth-order valence-electron chi connectivity index (χ4n) is 9.27. The lowest BCUT2D eigenvalue weighted by atomic mass is 9.99. The number of nitrogens with one attached hydrogen (secondary N) is 1. The fourth-order valence-corrected chi connectivity index (χ4v) is 9.27. The number of ether oxygens (including phenoxy) is 3. The molecule has 8 unspecified atom stereocenters. The molecule has 11 heteroatoms. The molecule has 0 aromatic rings. The van der Waals surface area contributed by atoms with Crippen molar-refractivity contribution in [1.82, 2.24) is 5.32 Å². The predicted molar refractivity (Wildman–Crippen MR) is 319 cm³/mol. The van der Waals surface area contributed by atoms with E-state index >= 15 is 0 Å². The number of carbonyl (C=O) groups is 2. The van der Waals surface area contributed by atoms with Crippen molar-refractivity contribution in [2.45, 2.75) is 307 Å². The summed E-state index contributed by atoms with van der Waals surface area (Å²) in [6, 6.07) is -1.06. The van der Waals surface area contributed by atoms with Gasteiger partial charge in [-0.25, -0.2) is 0 Å². The van der Waals surface area contributed by atoms with E-state index in [2.05, 4.69) is 86.8 Å². The van der Waals surface area contributed by atoms with Crippen molar-refractivity contribution < 1.29 is 49.3 Å². The number of rotatable bonds is 52. The molecule has 8 atom stereocenters. The van der Waals surface area contributed by atoms with E-state index in [0.29, 0.717) is 12.8 Å². The molecule has 1 aliphatic rings. The molecule has 0 aromatic heterocycles. The largest absolute Gasteiger partial charge is 0.454 e. The number of aliphatic hydroxyl groups is 5. The normalized spacial score (nSPS) is 19.6. The summed E-state index contributed by atoms with van der Waals surface area (Å²) in [6.45, 7) is 5.70. The average molecular weight is 1080 g/mol. The number of hydrogen-bond donors (Lipinski definition) is 6. The number of unbranched alkanes of at least 4 members (excludes halogenated alkanes) is 27. The minimum Gasteiger partial charge on any atom is -0.454 e. The fraction of sp³-hybridized carbons (Fsp3) is 0.758. The first-order valence-corrected chi connectivity index (χ1v) is 31.4. The summed E-state index contributed by atoms with van der Waals surface area (Å²) in [5.41, 5.74) is 0. The van der Waals surface area contributed by atoms with Gasteiger partial charge in [0.2, 0.25) is 5.91 Å². The molecule has 77 heavy (non-hydrogen) atoms. The summed E-state index contributed by atoms with van der Waals surface area (Å²) in [5.74, 6) is -1.28. The van der Waals surface area contributed by atoms with Gasteiger partial charge in [-0.1, -0.05) is 247 Å². The zero-order valence-electron chi connectivity index (χ0n) is 49.1. The summed E-state index contributed by atoms with van der Waals surface area (Å²) >= 11 is 0. The number of esters is 1. The van der Waals surface area contributed by atoms with Gasteiger partial charge in [-0.2, -0.15) is 0 Å². The molecule has 1 fully saturated rings. The van der Waals surface area contributed by atoms with Crippen molar-refractivity contribution in [1.29, 1.82) is 0 Å². The molecular weight excluding hydrogens is 967 g/mol. The van der Waals surface area contributed by atoms with Gasteiger partial charge in [0.1, 0.15) is 24.4 Å². The second kappa shape index (κ2) is 53.5. The first kappa shape index (κ1) is 71.9.